The minimum Gasteiger partial charge on any atom is -0.487 e. The molecule has 1 N–H and O–H groups in total. The number of hydrogen-bond donors (Lipinski definition) is 1. The van der Waals surface area contributed by atoms with E-state index in [2.05, 4.69) is 43.9 Å². The summed E-state index contributed by atoms with van der Waals surface area (Å²) < 4.78 is 6.05. The molecule has 110 valence electrons. The van der Waals surface area contributed by atoms with Crippen LogP contribution in [0.15, 0.2) is 18.2 Å². The SMILES string of the molecule is CCN(CCC(=O)O)Cc1cccc2c1OC(C)(C)C2. The molecule has 0 saturated heterocycles. The van der Waals surface area contributed by atoms with Gasteiger partial charge in [-0.2, -0.15) is 0 Å². The smallest absolute Gasteiger partial charge is 0.304 e. The molecule has 1 heterocycles. The molecule has 0 atom stereocenters. The maximum Gasteiger partial charge on any atom is 0.304 e. The summed E-state index contributed by atoms with van der Waals surface area (Å²) in [5.74, 6) is 0.241. The Morgan fingerprint density at radius 1 is 1.45 bits per heavy atom. The topological polar surface area (TPSA) is 49.8 Å². The molecule has 1 aliphatic heterocycles. The van der Waals surface area contributed by atoms with Crippen molar-refractivity contribution >= 4 is 5.97 Å². The summed E-state index contributed by atoms with van der Waals surface area (Å²) in [6.45, 7) is 8.38. The highest BCUT2D eigenvalue weighted by atomic mass is 16.5. The number of fused-ring (bicyclic) bond motifs is 1. The Morgan fingerprint density at radius 3 is 2.85 bits per heavy atom. The molecule has 1 aliphatic rings. The molecule has 0 aliphatic carbocycles. The Bertz CT molecular complexity index is 496. The molecule has 0 radical (unpaired) electrons. The fourth-order valence-corrected chi connectivity index (χ4v) is 2.65. The van der Waals surface area contributed by atoms with Crippen molar-refractivity contribution < 1.29 is 14.6 Å². The number of carboxylic acid groups (broad SMARTS) is 1. The van der Waals surface area contributed by atoms with Crippen molar-refractivity contribution in [3.63, 3.8) is 0 Å². The molecule has 0 bridgehead atoms. The molecule has 0 spiro atoms. The van der Waals surface area contributed by atoms with Gasteiger partial charge in [-0.1, -0.05) is 25.1 Å². The highest BCUT2D eigenvalue weighted by Gasteiger charge is 2.31. The van der Waals surface area contributed by atoms with Crippen molar-refractivity contribution in [2.45, 2.75) is 45.8 Å². The van der Waals surface area contributed by atoms with Crippen LogP contribution < -0.4 is 4.74 Å². The van der Waals surface area contributed by atoms with Crippen LogP contribution in [0.5, 0.6) is 5.75 Å². The average Bonchev–Trinajstić information content (AvgIpc) is 2.69. The van der Waals surface area contributed by atoms with Crippen molar-refractivity contribution in [2.75, 3.05) is 13.1 Å². The second-order valence-corrected chi connectivity index (χ2v) is 5.96. The third-order valence-electron chi connectivity index (χ3n) is 3.66. The first kappa shape index (κ1) is 14.9. The average molecular weight is 277 g/mol. The van der Waals surface area contributed by atoms with Crippen molar-refractivity contribution in [1.29, 1.82) is 0 Å². The Kier molecular flexibility index (Phi) is 4.33. The summed E-state index contributed by atoms with van der Waals surface area (Å²) in [5.41, 5.74) is 2.26. The zero-order valence-corrected chi connectivity index (χ0v) is 12.5. The molecule has 20 heavy (non-hydrogen) atoms. The Labute approximate surface area is 120 Å². The van der Waals surface area contributed by atoms with Crippen LogP contribution in [0, 0.1) is 0 Å². The number of benzene rings is 1. The first-order chi connectivity index (χ1) is 9.41. The second-order valence-electron chi connectivity index (χ2n) is 5.96. The van der Waals surface area contributed by atoms with E-state index in [9.17, 15) is 4.79 Å². The summed E-state index contributed by atoms with van der Waals surface area (Å²) in [6.07, 6.45) is 1.10. The summed E-state index contributed by atoms with van der Waals surface area (Å²) in [4.78, 5) is 12.8. The van der Waals surface area contributed by atoms with E-state index in [4.69, 9.17) is 9.84 Å². The lowest BCUT2D eigenvalue weighted by Gasteiger charge is -2.22. The van der Waals surface area contributed by atoms with E-state index < -0.39 is 5.97 Å². The number of carbonyl (C=O) groups is 1. The molecular formula is C16H23NO3. The number of para-hydroxylation sites is 1. The van der Waals surface area contributed by atoms with Gasteiger partial charge in [-0.05, 0) is 26.0 Å². The van der Waals surface area contributed by atoms with Gasteiger partial charge < -0.3 is 9.84 Å². The van der Waals surface area contributed by atoms with Crippen molar-refractivity contribution in [1.82, 2.24) is 4.90 Å². The van der Waals surface area contributed by atoms with Crippen LogP contribution >= 0.6 is 0 Å². The molecule has 0 amide bonds. The number of carboxylic acids is 1. The fraction of sp³-hybridized carbons (Fsp3) is 0.562. The summed E-state index contributed by atoms with van der Waals surface area (Å²) in [5, 5.41) is 8.80. The monoisotopic (exact) mass is 277 g/mol. The molecule has 2 rings (SSSR count). The first-order valence-electron chi connectivity index (χ1n) is 7.15. The minimum absolute atomic E-state index is 0.142. The van der Waals surface area contributed by atoms with Gasteiger partial charge in [0.2, 0.25) is 0 Å². The van der Waals surface area contributed by atoms with Gasteiger partial charge in [0, 0.05) is 25.1 Å². The van der Waals surface area contributed by atoms with Gasteiger partial charge in [-0.25, -0.2) is 0 Å². The maximum atomic E-state index is 10.7. The van der Waals surface area contributed by atoms with E-state index in [1.807, 2.05) is 0 Å². The number of ether oxygens (including phenoxy) is 1. The Morgan fingerprint density at radius 2 is 2.20 bits per heavy atom. The fourth-order valence-electron chi connectivity index (χ4n) is 2.65. The van der Waals surface area contributed by atoms with Crippen molar-refractivity contribution in [3.8, 4) is 5.75 Å². The normalized spacial score (nSPS) is 16.0. The van der Waals surface area contributed by atoms with Crippen LogP contribution in [0.25, 0.3) is 0 Å². The van der Waals surface area contributed by atoms with Gasteiger partial charge in [-0.3, -0.25) is 9.69 Å². The summed E-state index contributed by atoms with van der Waals surface area (Å²) >= 11 is 0. The minimum atomic E-state index is -0.751. The van der Waals surface area contributed by atoms with Crippen LogP contribution in [-0.2, 0) is 17.8 Å². The third kappa shape index (κ3) is 3.51. The van der Waals surface area contributed by atoms with Crippen molar-refractivity contribution in [3.05, 3.63) is 29.3 Å². The van der Waals surface area contributed by atoms with Crippen LogP contribution in [0.1, 0.15) is 38.3 Å². The van der Waals surface area contributed by atoms with E-state index >= 15 is 0 Å². The Hall–Kier alpha value is -1.55. The standard InChI is InChI=1S/C16H23NO3/c1-4-17(9-8-14(18)19)11-13-7-5-6-12-10-16(2,3)20-15(12)13/h5-7H,4,8-11H2,1-3H3,(H,18,19). The molecular weight excluding hydrogens is 254 g/mol. The van der Waals surface area contributed by atoms with Crippen LogP contribution in [0.2, 0.25) is 0 Å². The zero-order valence-electron chi connectivity index (χ0n) is 12.5. The van der Waals surface area contributed by atoms with E-state index in [-0.39, 0.29) is 12.0 Å². The molecule has 0 saturated carbocycles. The van der Waals surface area contributed by atoms with Gasteiger partial charge in [0.25, 0.3) is 0 Å². The molecule has 1 aromatic carbocycles. The lowest BCUT2D eigenvalue weighted by Crippen LogP contribution is -2.27. The van der Waals surface area contributed by atoms with Gasteiger partial charge in [0.05, 0.1) is 6.42 Å². The number of rotatable bonds is 6. The van der Waals surface area contributed by atoms with E-state index in [1.54, 1.807) is 0 Å². The number of nitrogens with zero attached hydrogens (tertiary/aromatic N) is 1. The number of aliphatic carboxylic acids is 1. The number of hydrogen-bond acceptors (Lipinski definition) is 3. The molecule has 0 unspecified atom stereocenters. The zero-order chi connectivity index (χ0) is 14.8. The summed E-state index contributed by atoms with van der Waals surface area (Å²) in [7, 11) is 0. The molecule has 0 aromatic heterocycles. The maximum absolute atomic E-state index is 10.7. The highest BCUT2D eigenvalue weighted by molar-refractivity contribution is 5.66. The van der Waals surface area contributed by atoms with Crippen LogP contribution in [0.4, 0.5) is 0 Å². The predicted octanol–water partition coefficient (Wildman–Crippen LogP) is 2.70. The van der Waals surface area contributed by atoms with Gasteiger partial charge in [-0.15, -0.1) is 0 Å². The van der Waals surface area contributed by atoms with Crippen molar-refractivity contribution in [2.24, 2.45) is 0 Å². The quantitative estimate of drug-likeness (QED) is 0.868. The largest absolute Gasteiger partial charge is 0.487 e. The van der Waals surface area contributed by atoms with E-state index in [0.717, 1.165) is 30.8 Å². The van der Waals surface area contributed by atoms with Crippen LogP contribution in [0.3, 0.4) is 0 Å². The Balaban J connectivity index is 2.10. The lowest BCUT2D eigenvalue weighted by molar-refractivity contribution is -0.137. The van der Waals surface area contributed by atoms with E-state index in [0.29, 0.717) is 6.54 Å². The molecule has 4 heteroatoms. The second kappa shape index (κ2) is 5.83. The van der Waals surface area contributed by atoms with Gasteiger partial charge >= 0.3 is 5.97 Å². The molecule has 1 aromatic rings. The van der Waals surface area contributed by atoms with E-state index in [1.165, 1.54) is 5.56 Å². The highest BCUT2D eigenvalue weighted by Crippen LogP contribution is 2.37. The molecule has 4 nitrogen and oxygen atoms in total. The first-order valence-corrected chi connectivity index (χ1v) is 7.15. The molecule has 0 fully saturated rings. The third-order valence-corrected chi connectivity index (χ3v) is 3.66. The lowest BCUT2D eigenvalue weighted by atomic mass is 10.0. The van der Waals surface area contributed by atoms with Gasteiger partial charge in [0.15, 0.2) is 0 Å². The predicted molar refractivity (Wildman–Crippen MR) is 78.1 cm³/mol. The van der Waals surface area contributed by atoms with Crippen LogP contribution in [-0.4, -0.2) is 34.7 Å². The van der Waals surface area contributed by atoms with Gasteiger partial charge in [0.1, 0.15) is 11.4 Å². The summed E-state index contributed by atoms with van der Waals surface area (Å²) in [6, 6.07) is 6.24.